The topological polar surface area (TPSA) is 64.1 Å². The van der Waals surface area contributed by atoms with Gasteiger partial charge in [-0.05, 0) is 46.5 Å². The van der Waals surface area contributed by atoms with Gasteiger partial charge >= 0.3 is 0 Å². The summed E-state index contributed by atoms with van der Waals surface area (Å²) in [5.41, 5.74) is 12.2. The van der Waals surface area contributed by atoms with Crippen molar-refractivity contribution < 1.29 is 5.11 Å². The minimum atomic E-state index is 0.270. The standard InChI is InChI=1S/C19H21N3OS/c1-13-10-24-11-16(13)8-18-19(6-14(2)20)22(12-21-18)9-15-4-3-5-17(23)7-15/h3-5,7,10-12,23H,2,6,8-9,20H2,1H3. The van der Waals surface area contributed by atoms with E-state index >= 15 is 0 Å². The van der Waals surface area contributed by atoms with Gasteiger partial charge in [0, 0.05) is 30.8 Å². The van der Waals surface area contributed by atoms with Crippen LogP contribution < -0.4 is 5.73 Å². The largest absolute Gasteiger partial charge is 0.508 e. The number of imidazole rings is 1. The normalized spacial score (nSPS) is 10.9. The van der Waals surface area contributed by atoms with Gasteiger partial charge in [0.15, 0.2) is 0 Å². The maximum absolute atomic E-state index is 9.65. The third kappa shape index (κ3) is 3.68. The van der Waals surface area contributed by atoms with Gasteiger partial charge in [0.2, 0.25) is 0 Å². The number of hydrogen-bond donors (Lipinski definition) is 2. The second-order valence-corrected chi connectivity index (χ2v) is 6.77. The average molecular weight is 339 g/mol. The zero-order valence-corrected chi connectivity index (χ0v) is 14.5. The molecule has 124 valence electrons. The van der Waals surface area contributed by atoms with Gasteiger partial charge < -0.3 is 15.4 Å². The third-order valence-corrected chi connectivity index (χ3v) is 4.92. The van der Waals surface area contributed by atoms with E-state index in [2.05, 4.69) is 33.8 Å². The van der Waals surface area contributed by atoms with Gasteiger partial charge in [-0.3, -0.25) is 0 Å². The predicted molar refractivity (Wildman–Crippen MR) is 98.3 cm³/mol. The molecule has 0 aliphatic heterocycles. The number of aromatic nitrogens is 2. The lowest BCUT2D eigenvalue weighted by Crippen LogP contribution is -2.09. The Bertz CT molecular complexity index is 863. The summed E-state index contributed by atoms with van der Waals surface area (Å²) in [6.45, 7) is 6.61. The first-order chi connectivity index (χ1) is 11.5. The Balaban J connectivity index is 1.91. The highest BCUT2D eigenvalue weighted by Gasteiger charge is 2.14. The zero-order chi connectivity index (χ0) is 17.1. The van der Waals surface area contributed by atoms with Crippen molar-refractivity contribution in [3.8, 4) is 5.75 Å². The number of nitrogens with zero attached hydrogens (tertiary/aromatic N) is 2. The number of allylic oxidation sites excluding steroid dienone is 1. The summed E-state index contributed by atoms with van der Waals surface area (Å²) in [5, 5.41) is 14.0. The highest BCUT2D eigenvalue weighted by atomic mass is 32.1. The van der Waals surface area contributed by atoms with Crippen LogP contribution in [-0.4, -0.2) is 14.7 Å². The SMILES string of the molecule is C=C(N)Cc1c(Cc2cscc2C)ncn1Cc1cccc(O)c1. The highest BCUT2D eigenvalue weighted by molar-refractivity contribution is 7.08. The van der Waals surface area contributed by atoms with Gasteiger partial charge in [-0.2, -0.15) is 11.3 Å². The highest BCUT2D eigenvalue weighted by Crippen LogP contribution is 2.22. The molecule has 24 heavy (non-hydrogen) atoms. The average Bonchev–Trinajstić information content (AvgIpc) is 3.08. The molecule has 1 aromatic carbocycles. The van der Waals surface area contributed by atoms with Crippen LogP contribution in [0.3, 0.4) is 0 Å². The van der Waals surface area contributed by atoms with E-state index in [-0.39, 0.29) is 5.75 Å². The van der Waals surface area contributed by atoms with Crippen LogP contribution in [0, 0.1) is 6.92 Å². The Morgan fingerprint density at radius 1 is 1.38 bits per heavy atom. The molecule has 5 heteroatoms. The van der Waals surface area contributed by atoms with Crippen molar-refractivity contribution in [2.24, 2.45) is 5.73 Å². The minimum absolute atomic E-state index is 0.270. The van der Waals surface area contributed by atoms with E-state index in [1.165, 1.54) is 11.1 Å². The van der Waals surface area contributed by atoms with Crippen LogP contribution in [-0.2, 0) is 19.4 Å². The first-order valence-corrected chi connectivity index (χ1v) is 8.73. The van der Waals surface area contributed by atoms with Crippen molar-refractivity contribution in [3.63, 3.8) is 0 Å². The Morgan fingerprint density at radius 2 is 2.21 bits per heavy atom. The predicted octanol–water partition coefficient (Wildman–Crippen LogP) is 3.61. The fourth-order valence-corrected chi connectivity index (χ4v) is 3.61. The minimum Gasteiger partial charge on any atom is -0.508 e. The maximum Gasteiger partial charge on any atom is 0.115 e. The van der Waals surface area contributed by atoms with Crippen LogP contribution in [0.4, 0.5) is 0 Å². The Morgan fingerprint density at radius 3 is 2.88 bits per heavy atom. The molecular weight excluding hydrogens is 318 g/mol. The smallest absolute Gasteiger partial charge is 0.115 e. The van der Waals surface area contributed by atoms with E-state index in [0.29, 0.717) is 18.7 Å². The molecule has 0 radical (unpaired) electrons. The lowest BCUT2D eigenvalue weighted by atomic mass is 10.1. The molecule has 3 rings (SSSR count). The molecule has 3 aromatic rings. The van der Waals surface area contributed by atoms with Crippen molar-refractivity contribution in [1.82, 2.24) is 9.55 Å². The molecule has 0 aliphatic rings. The van der Waals surface area contributed by atoms with Crippen LogP contribution >= 0.6 is 11.3 Å². The van der Waals surface area contributed by atoms with Crippen LogP contribution in [0.15, 0.2) is 53.6 Å². The maximum atomic E-state index is 9.65. The quantitative estimate of drug-likeness (QED) is 0.721. The van der Waals surface area contributed by atoms with Crippen LogP contribution in [0.1, 0.15) is 28.1 Å². The van der Waals surface area contributed by atoms with E-state index < -0.39 is 0 Å². The number of hydrogen-bond acceptors (Lipinski definition) is 4. The molecule has 0 saturated carbocycles. The molecule has 0 amide bonds. The monoisotopic (exact) mass is 339 g/mol. The summed E-state index contributed by atoms with van der Waals surface area (Å²) < 4.78 is 2.09. The van der Waals surface area contributed by atoms with E-state index in [4.69, 9.17) is 5.73 Å². The molecular formula is C19H21N3OS. The number of phenolic OH excluding ortho intramolecular Hbond substituents is 1. The van der Waals surface area contributed by atoms with Crippen LogP contribution in [0.2, 0.25) is 0 Å². The molecule has 4 nitrogen and oxygen atoms in total. The van der Waals surface area contributed by atoms with E-state index in [1.807, 2.05) is 18.5 Å². The van der Waals surface area contributed by atoms with E-state index in [0.717, 1.165) is 23.4 Å². The first kappa shape index (κ1) is 16.3. The van der Waals surface area contributed by atoms with E-state index in [1.54, 1.807) is 23.5 Å². The Hall–Kier alpha value is -2.53. The number of aromatic hydroxyl groups is 1. The molecule has 0 saturated heterocycles. The van der Waals surface area contributed by atoms with Gasteiger partial charge in [-0.15, -0.1) is 0 Å². The van der Waals surface area contributed by atoms with Crippen molar-refractivity contribution in [1.29, 1.82) is 0 Å². The number of benzene rings is 1. The molecule has 0 spiro atoms. The van der Waals surface area contributed by atoms with Crippen LogP contribution in [0.25, 0.3) is 0 Å². The second-order valence-electron chi connectivity index (χ2n) is 6.03. The molecule has 3 N–H and O–H groups in total. The summed E-state index contributed by atoms with van der Waals surface area (Å²) in [6.07, 6.45) is 3.24. The molecule has 0 aliphatic carbocycles. The van der Waals surface area contributed by atoms with Crippen LogP contribution in [0.5, 0.6) is 5.75 Å². The summed E-state index contributed by atoms with van der Waals surface area (Å²) >= 11 is 1.71. The van der Waals surface area contributed by atoms with Crippen molar-refractivity contribution in [2.75, 3.05) is 0 Å². The lowest BCUT2D eigenvalue weighted by Gasteiger charge is -2.11. The first-order valence-electron chi connectivity index (χ1n) is 7.78. The lowest BCUT2D eigenvalue weighted by molar-refractivity contribution is 0.474. The number of nitrogens with two attached hydrogens (primary N) is 1. The third-order valence-electron chi connectivity index (χ3n) is 4.01. The molecule has 0 bridgehead atoms. The van der Waals surface area contributed by atoms with E-state index in [9.17, 15) is 5.11 Å². The number of thiophene rings is 1. The van der Waals surface area contributed by atoms with Gasteiger partial charge in [0.05, 0.1) is 12.0 Å². The zero-order valence-electron chi connectivity index (χ0n) is 13.7. The molecule has 0 unspecified atom stereocenters. The van der Waals surface area contributed by atoms with Gasteiger partial charge in [0.1, 0.15) is 5.75 Å². The Kier molecular flexibility index (Phi) is 4.71. The summed E-state index contributed by atoms with van der Waals surface area (Å²) in [7, 11) is 0. The van der Waals surface area contributed by atoms with Gasteiger partial charge in [-0.1, -0.05) is 18.7 Å². The fraction of sp³-hybridized carbons (Fsp3) is 0.211. The summed E-state index contributed by atoms with van der Waals surface area (Å²) in [6, 6.07) is 7.27. The van der Waals surface area contributed by atoms with Crippen molar-refractivity contribution >= 4 is 11.3 Å². The Labute approximate surface area is 145 Å². The molecule has 2 heterocycles. The van der Waals surface area contributed by atoms with Gasteiger partial charge in [0.25, 0.3) is 0 Å². The second kappa shape index (κ2) is 6.93. The summed E-state index contributed by atoms with van der Waals surface area (Å²) in [5.74, 6) is 0.270. The number of rotatable bonds is 6. The number of phenols is 1. The van der Waals surface area contributed by atoms with Crippen molar-refractivity contribution in [2.45, 2.75) is 26.3 Å². The van der Waals surface area contributed by atoms with Gasteiger partial charge in [-0.25, -0.2) is 4.98 Å². The summed E-state index contributed by atoms with van der Waals surface area (Å²) in [4.78, 5) is 4.61. The molecule has 0 atom stereocenters. The molecule has 0 fully saturated rings. The van der Waals surface area contributed by atoms with Crippen molar-refractivity contribution in [3.05, 3.63) is 81.7 Å². The fourth-order valence-electron chi connectivity index (χ4n) is 2.75. The molecule has 2 aromatic heterocycles. The number of aryl methyl sites for hydroxylation is 1.